The Labute approximate surface area is 148 Å². The third-order valence-corrected chi connectivity index (χ3v) is 4.76. The molecule has 1 aliphatic heterocycles. The van der Waals surface area contributed by atoms with Crippen LogP contribution in [0.3, 0.4) is 0 Å². The largest absolute Gasteiger partial charge is 0.506 e. The number of piperazine rings is 1. The molecule has 0 aliphatic carbocycles. The zero-order chi connectivity index (χ0) is 16.9. The van der Waals surface area contributed by atoms with Gasteiger partial charge in [-0.2, -0.15) is 0 Å². The molecule has 3 rings (SSSR count). The van der Waals surface area contributed by atoms with E-state index in [9.17, 15) is 5.11 Å². The van der Waals surface area contributed by atoms with Crippen molar-refractivity contribution in [2.45, 2.75) is 13.5 Å². The molecule has 4 nitrogen and oxygen atoms in total. The molecule has 2 aromatic carbocycles. The molecule has 1 saturated heterocycles. The number of phenolic OH excluding ortho intramolecular Hbond substituents is 1. The lowest BCUT2D eigenvalue weighted by molar-refractivity contribution is 0.377. The van der Waals surface area contributed by atoms with Gasteiger partial charge < -0.3 is 20.2 Å². The first kappa shape index (κ1) is 16.6. The predicted octanol–water partition coefficient (Wildman–Crippen LogP) is 2.90. The van der Waals surface area contributed by atoms with Gasteiger partial charge in [0.2, 0.25) is 0 Å². The molecule has 126 valence electrons. The van der Waals surface area contributed by atoms with Crippen molar-refractivity contribution in [3.8, 4) is 5.75 Å². The zero-order valence-corrected chi connectivity index (χ0v) is 14.7. The maximum atomic E-state index is 9.97. The van der Waals surface area contributed by atoms with Gasteiger partial charge in [0.25, 0.3) is 0 Å². The number of hydrogen-bond donors (Lipinski definition) is 2. The summed E-state index contributed by atoms with van der Waals surface area (Å²) in [6, 6.07) is 16.0. The van der Waals surface area contributed by atoms with E-state index < -0.39 is 0 Å². The molecule has 1 fully saturated rings. The summed E-state index contributed by atoms with van der Waals surface area (Å²) in [5.41, 5.74) is 3.40. The second-order valence-corrected chi connectivity index (χ2v) is 6.49. The average Bonchev–Trinajstić information content (AvgIpc) is 2.61. The minimum atomic E-state index is 0.339. The maximum absolute atomic E-state index is 9.97. The van der Waals surface area contributed by atoms with Crippen LogP contribution in [0.25, 0.3) is 0 Å². The Balaban J connectivity index is 1.50. The van der Waals surface area contributed by atoms with E-state index in [1.807, 2.05) is 18.2 Å². The summed E-state index contributed by atoms with van der Waals surface area (Å²) >= 11 is 5.53. The highest BCUT2D eigenvalue weighted by molar-refractivity contribution is 7.80. The first-order valence-electron chi connectivity index (χ1n) is 8.25. The summed E-state index contributed by atoms with van der Waals surface area (Å²) in [6.45, 7) is 6.25. The van der Waals surface area contributed by atoms with Crippen molar-refractivity contribution in [1.82, 2.24) is 10.2 Å². The van der Waals surface area contributed by atoms with Gasteiger partial charge in [0, 0.05) is 32.7 Å². The number of anilines is 1. The lowest BCUT2D eigenvalue weighted by atomic mass is 10.1. The van der Waals surface area contributed by atoms with Gasteiger partial charge in [-0.3, -0.25) is 0 Å². The maximum Gasteiger partial charge on any atom is 0.169 e. The fourth-order valence-electron chi connectivity index (χ4n) is 2.88. The monoisotopic (exact) mass is 341 g/mol. The Bertz CT molecular complexity index is 694. The molecule has 0 radical (unpaired) electrons. The Hall–Kier alpha value is -2.27. The molecule has 0 bridgehead atoms. The van der Waals surface area contributed by atoms with Crippen LogP contribution in [0, 0.1) is 6.92 Å². The Kier molecular flexibility index (Phi) is 5.20. The molecular weight excluding hydrogens is 318 g/mol. The summed E-state index contributed by atoms with van der Waals surface area (Å²) in [5.74, 6) is 0.339. The average molecular weight is 341 g/mol. The van der Waals surface area contributed by atoms with Gasteiger partial charge in [0.15, 0.2) is 5.11 Å². The normalized spacial score (nSPS) is 14.5. The number of aryl methyl sites for hydroxylation is 1. The third kappa shape index (κ3) is 3.97. The van der Waals surface area contributed by atoms with Crippen molar-refractivity contribution < 1.29 is 5.11 Å². The van der Waals surface area contributed by atoms with Crippen molar-refractivity contribution in [3.05, 3.63) is 59.7 Å². The molecule has 0 amide bonds. The first-order chi connectivity index (χ1) is 11.6. The molecule has 0 saturated carbocycles. The van der Waals surface area contributed by atoms with Crippen molar-refractivity contribution in [1.29, 1.82) is 0 Å². The number of rotatable bonds is 3. The Morgan fingerprint density at radius 3 is 2.38 bits per heavy atom. The highest BCUT2D eigenvalue weighted by atomic mass is 32.1. The van der Waals surface area contributed by atoms with Crippen molar-refractivity contribution in [3.63, 3.8) is 0 Å². The molecular formula is C19H23N3OS. The van der Waals surface area contributed by atoms with Crippen LogP contribution in [0.5, 0.6) is 5.75 Å². The molecule has 0 unspecified atom stereocenters. The van der Waals surface area contributed by atoms with Crippen LogP contribution in [-0.4, -0.2) is 41.3 Å². The van der Waals surface area contributed by atoms with E-state index in [1.165, 1.54) is 11.1 Å². The van der Waals surface area contributed by atoms with Crippen molar-refractivity contribution in [2.75, 3.05) is 31.1 Å². The van der Waals surface area contributed by atoms with E-state index in [1.54, 1.807) is 6.07 Å². The topological polar surface area (TPSA) is 38.7 Å². The highest BCUT2D eigenvalue weighted by Gasteiger charge is 2.20. The first-order valence-corrected chi connectivity index (χ1v) is 8.65. The molecule has 2 N–H and O–H groups in total. The van der Waals surface area contributed by atoms with E-state index in [0.717, 1.165) is 43.5 Å². The number of nitrogens with one attached hydrogen (secondary N) is 1. The van der Waals surface area contributed by atoms with Crippen LogP contribution in [0.1, 0.15) is 11.1 Å². The minimum absolute atomic E-state index is 0.339. The third-order valence-electron chi connectivity index (χ3n) is 4.35. The fraction of sp³-hybridized carbons (Fsp3) is 0.316. The van der Waals surface area contributed by atoms with Crippen LogP contribution in [0.4, 0.5) is 5.69 Å². The SMILES string of the molecule is Cc1ccc(CNC(=S)N2CCN(c3ccccc3O)CC2)cc1. The number of hydrogen-bond acceptors (Lipinski definition) is 3. The lowest BCUT2D eigenvalue weighted by Gasteiger charge is -2.37. The number of aromatic hydroxyl groups is 1. The smallest absolute Gasteiger partial charge is 0.169 e. The van der Waals surface area contributed by atoms with Crippen LogP contribution in [-0.2, 0) is 6.54 Å². The Morgan fingerprint density at radius 2 is 1.71 bits per heavy atom. The number of thiocarbonyl (C=S) groups is 1. The summed E-state index contributed by atoms with van der Waals surface area (Å²) in [6.07, 6.45) is 0. The summed E-state index contributed by atoms with van der Waals surface area (Å²) in [7, 11) is 0. The molecule has 1 aliphatic rings. The van der Waals surface area contributed by atoms with E-state index in [0.29, 0.717) is 5.75 Å². The van der Waals surface area contributed by atoms with Gasteiger partial charge in [0.05, 0.1) is 5.69 Å². The quantitative estimate of drug-likeness (QED) is 0.840. The second-order valence-electron chi connectivity index (χ2n) is 6.11. The van der Waals surface area contributed by atoms with Crippen molar-refractivity contribution in [2.24, 2.45) is 0 Å². The summed E-state index contributed by atoms with van der Waals surface area (Å²) < 4.78 is 0. The number of phenols is 1. The molecule has 0 spiro atoms. The lowest BCUT2D eigenvalue weighted by Crippen LogP contribution is -2.51. The van der Waals surface area contributed by atoms with Crippen LogP contribution in [0.2, 0.25) is 0 Å². The van der Waals surface area contributed by atoms with Crippen molar-refractivity contribution >= 4 is 23.0 Å². The molecule has 0 atom stereocenters. The van der Waals surface area contributed by atoms with Gasteiger partial charge in [-0.05, 0) is 36.8 Å². The summed E-state index contributed by atoms with van der Waals surface area (Å²) in [5, 5.41) is 14.1. The minimum Gasteiger partial charge on any atom is -0.506 e. The zero-order valence-electron chi connectivity index (χ0n) is 13.9. The second kappa shape index (κ2) is 7.53. The standard InChI is InChI=1S/C19H23N3OS/c1-15-6-8-16(9-7-15)14-20-19(24)22-12-10-21(11-13-22)17-4-2-3-5-18(17)23/h2-9,23H,10-14H2,1H3,(H,20,24). The van der Waals surface area contributed by atoms with Gasteiger partial charge in [-0.1, -0.05) is 42.0 Å². The number of para-hydroxylation sites is 2. The molecule has 0 aromatic heterocycles. The highest BCUT2D eigenvalue weighted by Crippen LogP contribution is 2.27. The van der Waals surface area contributed by atoms with Gasteiger partial charge in [-0.25, -0.2) is 0 Å². The molecule has 2 aromatic rings. The summed E-state index contributed by atoms with van der Waals surface area (Å²) in [4.78, 5) is 4.40. The van der Waals surface area contributed by atoms with E-state index >= 15 is 0 Å². The van der Waals surface area contributed by atoms with E-state index in [4.69, 9.17) is 12.2 Å². The van der Waals surface area contributed by atoms with Gasteiger partial charge in [0.1, 0.15) is 5.75 Å². The van der Waals surface area contributed by atoms with E-state index in [2.05, 4.69) is 46.3 Å². The molecule has 24 heavy (non-hydrogen) atoms. The van der Waals surface area contributed by atoms with Gasteiger partial charge in [-0.15, -0.1) is 0 Å². The predicted molar refractivity (Wildman–Crippen MR) is 103 cm³/mol. The molecule has 1 heterocycles. The number of benzene rings is 2. The Morgan fingerprint density at radius 1 is 1.04 bits per heavy atom. The fourth-order valence-corrected chi connectivity index (χ4v) is 3.13. The van der Waals surface area contributed by atoms with Crippen LogP contribution >= 0.6 is 12.2 Å². The number of nitrogens with zero attached hydrogens (tertiary/aromatic N) is 2. The van der Waals surface area contributed by atoms with Crippen LogP contribution < -0.4 is 10.2 Å². The van der Waals surface area contributed by atoms with Crippen LogP contribution in [0.15, 0.2) is 48.5 Å². The van der Waals surface area contributed by atoms with E-state index in [-0.39, 0.29) is 0 Å². The molecule has 5 heteroatoms. The van der Waals surface area contributed by atoms with Gasteiger partial charge >= 0.3 is 0 Å².